The van der Waals surface area contributed by atoms with Crippen molar-refractivity contribution in [3.8, 4) is 0 Å². The van der Waals surface area contributed by atoms with Gasteiger partial charge in [-0.15, -0.1) is 0 Å². The van der Waals surface area contributed by atoms with Crippen LogP contribution in [-0.4, -0.2) is 27.5 Å². The first-order valence-corrected chi connectivity index (χ1v) is 10.2. The Labute approximate surface area is 190 Å². The molecule has 0 aliphatic rings. The van der Waals surface area contributed by atoms with Gasteiger partial charge < -0.3 is 15.4 Å². The predicted molar refractivity (Wildman–Crippen MR) is 123 cm³/mol. The lowest BCUT2D eigenvalue weighted by Crippen LogP contribution is -2.10. The van der Waals surface area contributed by atoms with Crippen molar-refractivity contribution in [2.24, 2.45) is 5.92 Å². The van der Waals surface area contributed by atoms with Crippen LogP contribution in [0.4, 0.5) is 28.7 Å². The highest BCUT2D eigenvalue weighted by Crippen LogP contribution is 2.34. The van der Waals surface area contributed by atoms with E-state index in [4.69, 9.17) is 16.3 Å². The number of nitrogens with zero attached hydrogens (tertiary/aromatic N) is 3. The van der Waals surface area contributed by atoms with E-state index in [1.807, 2.05) is 20.8 Å². The van der Waals surface area contributed by atoms with E-state index in [0.29, 0.717) is 28.6 Å². The topological polar surface area (TPSA) is 119 Å². The number of aromatic nitrogens is 2. The summed E-state index contributed by atoms with van der Waals surface area (Å²) in [6, 6.07) is 11.6. The van der Waals surface area contributed by atoms with Gasteiger partial charge in [0.15, 0.2) is 0 Å². The number of benzene rings is 2. The molecule has 166 valence electrons. The summed E-state index contributed by atoms with van der Waals surface area (Å²) in [7, 11) is 0. The summed E-state index contributed by atoms with van der Waals surface area (Å²) in [6.07, 6.45) is 1.22. The summed E-state index contributed by atoms with van der Waals surface area (Å²) in [6.45, 7) is 6.07. The van der Waals surface area contributed by atoms with Gasteiger partial charge in [-0.05, 0) is 54.8 Å². The molecule has 0 atom stereocenters. The van der Waals surface area contributed by atoms with Crippen LogP contribution in [0.3, 0.4) is 0 Å². The summed E-state index contributed by atoms with van der Waals surface area (Å²) in [4.78, 5) is 31.4. The van der Waals surface area contributed by atoms with E-state index in [9.17, 15) is 14.9 Å². The highest BCUT2D eigenvalue weighted by molar-refractivity contribution is 6.30. The number of aryl methyl sites for hydroxylation is 1. The zero-order valence-electron chi connectivity index (χ0n) is 17.8. The number of rotatable bonds is 8. The van der Waals surface area contributed by atoms with Gasteiger partial charge in [0, 0.05) is 16.4 Å². The second kappa shape index (κ2) is 10.1. The minimum atomic E-state index is -0.567. The van der Waals surface area contributed by atoms with Crippen LogP contribution in [0, 0.1) is 23.0 Å². The maximum atomic E-state index is 12.1. The minimum absolute atomic E-state index is 0.00214. The van der Waals surface area contributed by atoms with Crippen LogP contribution in [0.1, 0.15) is 29.8 Å². The van der Waals surface area contributed by atoms with Gasteiger partial charge in [-0.2, -0.15) is 0 Å². The molecule has 0 saturated carbocycles. The van der Waals surface area contributed by atoms with E-state index in [1.165, 1.54) is 6.33 Å². The van der Waals surface area contributed by atoms with Gasteiger partial charge >= 0.3 is 11.7 Å². The number of esters is 1. The number of carbonyl (C=O) groups is 1. The lowest BCUT2D eigenvalue weighted by Gasteiger charge is -2.12. The molecule has 0 radical (unpaired) electrons. The highest BCUT2D eigenvalue weighted by Gasteiger charge is 2.24. The standard InChI is InChI=1S/C22H22ClN5O4/c1-13(2)11-32-22(29)15-5-8-17(9-6-15)26-20-19(28(30)31)21(25-12-24-20)27-18-10-16(23)7-4-14(18)3/h4-10,12-13H,11H2,1-3H3,(H2,24,25,26,27). The van der Waals surface area contributed by atoms with Crippen molar-refractivity contribution in [3.05, 3.63) is 75.1 Å². The van der Waals surface area contributed by atoms with Crippen molar-refractivity contribution in [2.45, 2.75) is 20.8 Å². The van der Waals surface area contributed by atoms with E-state index >= 15 is 0 Å². The molecule has 0 spiro atoms. The third-order valence-corrected chi connectivity index (χ3v) is 4.62. The Morgan fingerprint density at radius 1 is 1.12 bits per heavy atom. The molecule has 0 aliphatic heterocycles. The van der Waals surface area contributed by atoms with E-state index in [-0.39, 0.29) is 23.2 Å². The molecule has 9 nitrogen and oxygen atoms in total. The lowest BCUT2D eigenvalue weighted by atomic mass is 10.2. The van der Waals surface area contributed by atoms with Crippen molar-refractivity contribution < 1.29 is 14.5 Å². The number of anilines is 4. The Bertz CT molecular complexity index is 1140. The SMILES string of the molecule is Cc1ccc(Cl)cc1Nc1ncnc(Nc2ccc(C(=O)OCC(C)C)cc2)c1[N+](=O)[O-]. The number of nitrogens with one attached hydrogen (secondary N) is 2. The van der Waals surface area contributed by atoms with Gasteiger partial charge in [0.25, 0.3) is 0 Å². The van der Waals surface area contributed by atoms with Crippen LogP contribution >= 0.6 is 11.6 Å². The van der Waals surface area contributed by atoms with Crippen LogP contribution in [0.15, 0.2) is 48.8 Å². The third-order valence-electron chi connectivity index (χ3n) is 4.39. The molecule has 10 heteroatoms. The largest absolute Gasteiger partial charge is 0.462 e. The quantitative estimate of drug-likeness (QED) is 0.254. The van der Waals surface area contributed by atoms with Gasteiger partial charge in [0.05, 0.1) is 17.1 Å². The van der Waals surface area contributed by atoms with Gasteiger partial charge in [0.1, 0.15) is 6.33 Å². The zero-order valence-corrected chi connectivity index (χ0v) is 18.5. The molecule has 0 fully saturated rings. The first-order valence-electron chi connectivity index (χ1n) is 9.81. The molecule has 1 aromatic heterocycles. The Morgan fingerprint density at radius 2 is 1.78 bits per heavy atom. The van der Waals surface area contributed by atoms with Crippen LogP contribution < -0.4 is 10.6 Å². The maximum absolute atomic E-state index is 12.1. The Morgan fingerprint density at radius 3 is 2.41 bits per heavy atom. The number of hydrogen-bond donors (Lipinski definition) is 2. The van der Waals surface area contributed by atoms with Crippen LogP contribution in [0.2, 0.25) is 5.02 Å². The first-order chi connectivity index (χ1) is 15.2. The average Bonchev–Trinajstić information content (AvgIpc) is 2.75. The predicted octanol–water partition coefficient (Wildman–Crippen LogP) is 5.65. The molecule has 0 saturated heterocycles. The molecule has 2 N–H and O–H groups in total. The molecule has 3 rings (SSSR count). The number of halogens is 1. The van der Waals surface area contributed by atoms with Crippen LogP contribution in [0.5, 0.6) is 0 Å². The van der Waals surface area contributed by atoms with E-state index < -0.39 is 10.9 Å². The normalized spacial score (nSPS) is 10.7. The van der Waals surface area contributed by atoms with Gasteiger partial charge in [-0.1, -0.05) is 31.5 Å². The summed E-state index contributed by atoms with van der Waals surface area (Å²) in [5, 5.41) is 18.2. The molecule has 0 aliphatic carbocycles. The monoisotopic (exact) mass is 455 g/mol. The fraction of sp³-hybridized carbons (Fsp3) is 0.227. The Hall–Kier alpha value is -3.72. The van der Waals surface area contributed by atoms with Crippen LogP contribution in [0.25, 0.3) is 0 Å². The molecule has 3 aromatic rings. The summed E-state index contributed by atoms with van der Waals surface area (Å²) in [5.41, 5.74) is 2.00. The Balaban J connectivity index is 1.84. The molecule has 0 bridgehead atoms. The van der Waals surface area contributed by atoms with Crippen molar-refractivity contribution in [1.82, 2.24) is 9.97 Å². The second-order valence-electron chi connectivity index (χ2n) is 7.46. The van der Waals surface area contributed by atoms with Crippen molar-refractivity contribution in [3.63, 3.8) is 0 Å². The van der Waals surface area contributed by atoms with Crippen molar-refractivity contribution in [2.75, 3.05) is 17.2 Å². The summed E-state index contributed by atoms with van der Waals surface area (Å²) < 4.78 is 5.20. The fourth-order valence-electron chi connectivity index (χ4n) is 2.74. The fourth-order valence-corrected chi connectivity index (χ4v) is 2.92. The van der Waals surface area contributed by atoms with Crippen molar-refractivity contribution in [1.29, 1.82) is 0 Å². The van der Waals surface area contributed by atoms with Crippen molar-refractivity contribution >= 4 is 46.3 Å². The zero-order chi connectivity index (χ0) is 23.3. The minimum Gasteiger partial charge on any atom is -0.462 e. The summed E-state index contributed by atoms with van der Waals surface area (Å²) in [5.74, 6) is -0.174. The third kappa shape index (κ3) is 5.70. The molecule has 2 aromatic carbocycles. The smallest absolute Gasteiger partial charge is 0.353 e. The van der Waals surface area contributed by atoms with E-state index in [2.05, 4.69) is 20.6 Å². The second-order valence-corrected chi connectivity index (χ2v) is 7.89. The van der Waals surface area contributed by atoms with Crippen LogP contribution in [-0.2, 0) is 4.74 Å². The highest BCUT2D eigenvalue weighted by atomic mass is 35.5. The van der Waals surface area contributed by atoms with Gasteiger partial charge in [0.2, 0.25) is 11.6 Å². The molecule has 32 heavy (non-hydrogen) atoms. The summed E-state index contributed by atoms with van der Waals surface area (Å²) >= 11 is 6.04. The lowest BCUT2D eigenvalue weighted by molar-refractivity contribution is -0.383. The average molecular weight is 456 g/mol. The molecular weight excluding hydrogens is 434 g/mol. The molecular formula is C22H22ClN5O4. The number of carbonyl (C=O) groups excluding carboxylic acids is 1. The number of nitro groups is 1. The van der Waals surface area contributed by atoms with Gasteiger partial charge in [-0.25, -0.2) is 14.8 Å². The number of hydrogen-bond acceptors (Lipinski definition) is 8. The maximum Gasteiger partial charge on any atom is 0.353 e. The van der Waals surface area contributed by atoms with E-state index in [1.54, 1.807) is 42.5 Å². The van der Waals surface area contributed by atoms with E-state index in [0.717, 1.165) is 5.56 Å². The molecule has 0 unspecified atom stereocenters. The van der Waals surface area contributed by atoms with Gasteiger partial charge in [-0.3, -0.25) is 10.1 Å². The molecule has 0 amide bonds. The first kappa shape index (κ1) is 23.0. The number of ether oxygens (including phenoxy) is 1. The Kier molecular flexibility index (Phi) is 7.21. The molecule has 1 heterocycles.